The van der Waals surface area contributed by atoms with Gasteiger partial charge in [-0.3, -0.25) is 14.3 Å². The molecule has 0 radical (unpaired) electrons. The highest BCUT2D eigenvalue weighted by Crippen LogP contribution is 2.19. The molecule has 7 heteroatoms. The van der Waals surface area contributed by atoms with Gasteiger partial charge in [-0.1, -0.05) is 29.8 Å². The maximum absolute atomic E-state index is 12.3. The lowest BCUT2D eigenvalue weighted by Gasteiger charge is -2.10. The van der Waals surface area contributed by atoms with Gasteiger partial charge in [-0.15, -0.1) is 0 Å². The maximum atomic E-state index is 12.3. The molecule has 0 aliphatic rings. The molecule has 0 saturated heterocycles. The molecule has 0 bridgehead atoms. The highest BCUT2D eigenvalue weighted by atomic mass is 35.5. The molecule has 1 unspecified atom stereocenters. The Hall–Kier alpha value is -2.34. The van der Waals surface area contributed by atoms with E-state index in [0.29, 0.717) is 28.5 Å². The highest BCUT2D eigenvalue weighted by molar-refractivity contribution is 6.31. The fourth-order valence-corrected chi connectivity index (χ4v) is 2.49. The molecule has 0 fully saturated rings. The van der Waals surface area contributed by atoms with Crippen LogP contribution in [0.5, 0.6) is 0 Å². The van der Waals surface area contributed by atoms with Gasteiger partial charge in [0, 0.05) is 10.7 Å². The Kier molecular flexibility index (Phi) is 5.05. The summed E-state index contributed by atoms with van der Waals surface area (Å²) < 4.78 is 1.69. The lowest BCUT2D eigenvalue weighted by molar-refractivity contribution is -0.138. The maximum Gasteiger partial charge on any atom is 0.325 e. The van der Waals surface area contributed by atoms with Crippen molar-refractivity contribution >= 4 is 23.5 Å². The number of hydrogen-bond donors (Lipinski definition) is 2. The van der Waals surface area contributed by atoms with E-state index in [1.54, 1.807) is 24.6 Å². The summed E-state index contributed by atoms with van der Waals surface area (Å²) in [6.07, 6.45) is 0. The van der Waals surface area contributed by atoms with E-state index in [2.05, 4.69) is 10.4 Å². The summed E-state index contributed by atoms with van der Waals surface area (Å²) in [6, 6.07) is 6.46. The minimum atomic E-state index is -1.09. The third-order valence-electron chi connectivity index (χ3n) is 3.60. The van der Waals surface area contributed by atoms with Crippen molar-refractivity contribution in [1.82, 2.24) is 15.1 Å². The van der Waals surface area contributed by atoms with Gasteiger partial charge in [0.2, 0.25) is 0 Å². The molecule has 23 heavy (non-hydrogen) atoms. The average Bonchev–Trinajstić information content (AvgIpc) is 2.75. The van der Waals surface area contributed by atoms with Crippen molar-refractivity contribution < 1.29 is 14.7 Å². The molecule has 0 spiro atoms. The van der Waals surface area contributed by atoms with E-state index >= 15 is 0 Å². The Morgan fingerprint density at radius 2 is 2.00 bits per heavy atom. The van der Waals surface area contributed by atoms with E-state index in [1.165, 1.54) is 6.92 Å². The van der Waals surface area contributed by atoms with Crippen molar-refractivity contribution in [3.05, 3.63) is 51.8 Å². The number of carboxylic acids is 1. The van der Waals surface area contributed by atoms with Crippen molar-refractivity contribution in [3.8, 4) is 0 Å². The van der Waals surface area contributed by atoms with Crippen LogP contribution in [0.3, 0.4) is 0 Å². The lowest BCUT2D eigenvalue weighted by atomic mass is 10.1. The summed E-state index contributed by atoms with van der Waals surface area (Å²) in [4.78, 5) is 23.1. The molecule has 2 aromatic rings. The summed E-state index contributed by atoms with van der Waals surface area (Å²) in [5, 5.41) is 16.3. The van der Waals surface area contributed by atoms with Crippen LogP contribution >= 0.6 is 11.6 Å². The molecular weight excluding hydrogens is 318 g/mol. The van der Waals surface area contributed by atoms with Gasteiger partial charge in [-0.25, -0.2) is 0 Å². The Balaban J connectivity index is 2.27. The molecule has 1 aromatic carbocycles. The fourth-order valence-electron chi connectivity index (χ4n) is 2.30. The van der Waals surface area contributed by atoms with Gasteiger partial charge >= 0.3 is 5.97 Å². The van der Waals surface area contributed by atoms with Crippen molar-refractivity contribution in [2.75, 3.05) is 0 Å². The normalized spacial score (nSPS) is 12.0. The first-order chi connectivity index (χ1) is 10.8. The number of rotatable bonds is 5. The number of nitrogens with one attached hydrogen (secondary N) is 1. The van der Waals surface area contributed by atoms with Gasteiger partial charge < -0.3 is 10.4 Å². The molecule has 0 aliphatic carbocycles. The summed E-state index contributed by atoms with van der Waals surface area (Å²) in [7, 11) is 0. The molecule has 122 valence electrons. The van der Waals surface area contributed by atoms with E-state index in [4.69, 9.17) is 16.7 Å². The van der Waals surface area contributed by atoms with Gasteiger partial charge in [-0.05, 0) is 32.4 Å². The number of halogens is 1. The topological polar surface area (TPSA) is 84.2 Å². The number of aliphatic carboxylic acids is 1. The SMILES string of the molecule is Cc1nn(Cc2ccccc2Cl)c(C)c1C(=O)NC(C)C(=O)O. The highest BCUT2D eigenvalue weighted by Gasteiger charge is 2.22. The van der Waals surface area contributed by atoms with Crippen LogP contribution in [0.15, 0.2) is 24.3 Å². The second-order valence-corrected chi connectivity index (χ2v) is 5.74. The van der Waals surface area contributed by atoms with Gasteiger partial charge in [0.05, 0.1) is 17.8 Å². The molecule has 1 amide bonds. The summed E-state index contributed by atoms with van der Waals surface area (Å²) in [5.41, 5.74) is 2.50. The first-order valence-electron chi connectivity index (χ1n) is 7.12. The third-order valence-corrected chi connectivity index (χ3v) is 3.97. The molecule has 1 atom stereocenters. The van der Waals surface area contributed by atoms with E-state index in [0.717, 1.165) is 5.56 Å². The standard InChI is InChI=1S/C16H18ClN3O3/c1-9-14(15(21)18-10(2)16(22)23)11(3)20(19-9)8-12-6-4-5-7-13(12)17/h4-7,10H,8H2,1-3H3,(H,18,21)(H,22,23). The molecule has 0 aliphatic heterocycles. The van der Waals surface area contributed by atoms with Crippen molar-refractivity contribution in [1.29, 1.82) is 0 Å². The second-order valence-electron chi connectivity index (χ2n) is 5.33. The van der Waals surface area contributed by atoms with E-state index in [9.17, 15) is 9.59 Å². The third kappa shape index (κ3) is 3.71. The van der Waals surface area contributed by atoms with Gasteiger partial charge in [0.25, 0.3) is 5.91 Å². The fraction of sp³-hybridized carbons (Fsp3) is 0.312. The Labute approximate surface area is 139 Å². The number of carboxylic acid groups (broad SMARTS) is 1. The minimum Gasteiger partial charge on any atom is -0.480 e. The summed E-state index contributed by atoms with van der Waals surface area (Å²) in [5.74, 6) is -1.53. The first kappa shape index (κ1) is 17.0. The van der Waals surface area contributed by atoms with Gasteiger partial charge in [0.1, 0.15) is 6.04 Å². The molecule has 2 rings (SSSR count). The number of carbonyl (C=O) groups is 2. The number of benzene rings is 1. The number of aryl methyl sites for hydroxylation is 1. The monoisotopic (exact) mass is 335 g/mol. The molecule has 0 saturated carbocycles. The van der Waals surface area contributed by atoms with Gasteiger partial charge in [0.15, 0.2) is 0 Å². The van der Waals surface area contributed by atoms with Crippen LogP contribution in [0.4, 0.5) is 0 Å². The molecular formula is C16H18ClN3O3. The molecule has 1 aromatic heterocycles. The summed E-state index contributed by atoms with van der Waals surface area (Å²) in [6.45, 7) is 5.35. The van der Waals surface area contributed by atoms with Crippen LogP contribution in [0.25, 0.3) is 0 Å². The van der Waals surface area contributed by atoms with E-state index in [1.807, 2.05) is 18.2 Å². The smallest absolute Gasteiger partial charge is 0.325 e. The Bertz CT molecular complexity index is 755. The van der Waals surface area contributed by atoms with Crippen LogP contribution < -0.4 is 5.32 Å². The minimum absolute atomic E-state index is 0.394. The average molecular weight is 336 g/mol. The molecule has 1 heterocycles. The van der Waals surface area contributed by atoms with Crippen LogP contribution in [0.2, 0.25) is 5.02 Å². The number of nitrogens with zero attached hydrogens (tertiary/aromatic N) is 2. The number of hydrogen-bond acceptors (Lipinski definition) is 3. The quantitative estimate of drug-likeness (QED) is 0.878. The molecule has 6 nitrogen and oxygen atoms in total. The predicted molar refractivity (Wildman–Crippen MR) is 86.8 cm³/mol. The van der Waals surface area contributed by atoms with Crippen molar-refractivity contribution in [3.63, 3.8) is 0 Å². The van der Waals surface area contributed by atoms with Crippen LogP contribution in [-0.4, -0.2) is 32.8 Å². The zero-order valence-electron chi connectivity index (χ0n) is 13.1. The first-order valence-corrected chi connectivity index (χ1v) is 7.50. The van der Waals surface area contributed by atoms with Crippen LogP contribution in [-0.2, 0) is 11.3 Å². The largest absolute Gasteiger partial charge is 0.480 e. The van der Waals surface area contributed by atoms with Crippen molar-refractivity contribution in [2.45, 2.75) is 33.4 Å². The van der Waals surface area contributed by atoms with Crippen LogP contribution in [0.1, 0.15) is 34.2 Å². The van der Waals surface area contributed by atoms with Gasteiger partial charge in [-0.2, -0.15) is 5.10 Å². The zero-order valence-corrected chi connectivity index (χ0v) is 13.9. The zero-order chi connectivity index (χ0) is 17.1. The molecule has 2 N–H and O–H groups in total. The van der Waals surface area contributed by atoms with Crippen LogP contribution in [0, 0.1) is 13.8 Å². The number of amides is 1. The summed E-state index contributed by atoms with van der Waals surface area (Å²) >= 11 is 6.15. The van der Waals surface area contributed by atoms with E-state index in [-0.39, 0.29) is 0 Å². The predicted octanol–water partition coefficient (Wildman–Crippen LogP) is 2.40. The second kappa shape index (κ2) is 6.83. The number of aromatic nitrogens is 2. The Morgan fingerprint density at radius 1 is 1.35 bits per heavy atom. The van der Waals surface area contributed by atoms with E-state index < -0.39 is 17.9 Å². The van der Waals surface area contributed by atoms with Crippen molar-refractivity contribution in [2.24, 2.45) is 0 Å². The number of carbonyl (C=O) groups excluding carboxylic acids is 1. The Morgan fingerprint density at radius 3 is 2.61 bits per heavy atom. The lowest BCUT2D eigenvalue weighted by Crippen LogP contribution is -2.38.